The summed E-state index contributed by atoms with van der Waals surface area (Å²) in [5, 5.41) is 11.7. The molecule has 118 valence electrons. The molecule has 1 N–H and O–H groups in total. The Morgan fingerprint density at radius 1 is 1.22 bits per heavy atom. The van der Waals surface area contributed by atoms with Crippen molar-refractivity contribution >= 4 is 11.6 Å². The second-order valence-corrected chi connectivity index (χ2v) is 5.36. The molecule has 0 saturated carbocycles. The number of aryl methyl sites for hydroxylation is 1. The van der Waals surface area contributed by atoms with Crippen molar-refractivity contribution in [3.05, 3.63) is 65.2 Å². The molecule has 0 aliphatic rings. The van der Waals surface area contributed by atoms with Gasteiger partial charge in [0.1, 0.15) is 0 Å². The van der Waals surface area contributed by atoms with E-state index in [9.17, 15) is 4.79 Å². The zero-order valence-corrected chi connectivity index (χ0v) is 13.5. The summed E-state index contributed by atoms with van der Waals surface area (Å²) in [5.41, 5.74) is 3.52. The molecule has 0 unspecified atom stereocenters. The lowest BCUT2D eigenvalue weighted by atomic mass is 10.1. The van der Waals surface area contributed by atoms with Crippen molar-refractivity contribution < 1.29 is 4.79 Å². The van der Waals surface area contributed by atoms with Gasteiger partial charge in [0.15, 0.2) is 0 Å². The number of carbonyl (C=O) groups is 1. The minimum absolute atomic E-state index is 0.116. The number of nitrogens with one attached hydrogen (secondary N) is 1. The van der Waals surface area contributed by atoms with Crippen LogP contribution in [0.5, 0.6) is 0 Å². The summed E-state index contributed by atoms with van der Waals surface area (Å²) in [4.78, 5) is 14.3. The lowest BCUT2D eigenvalue weighted by Gasteiger charge is -2.23. The summed E-state index contributed by atoms with van der Waals surface area (Å²) in [6.07, 6.45) is 0. The van der Waals surface area contributed by atoms with Crippen LogP contribution in [0.1, 0.15) is 28.4 Å². The highest BCUT2D eigenvalue weighted by Gasteiger charge is 2.07. The molecule has 1 amide bonds. The zero-order chi connectivity index (χ0) is 16.7. The average molecular weight is 307 g/mol. The molecule has 0 aromatic heterocycles. The van der Waals surface area contributed by atoms with Crippen molar-refractivity contribution in [1.29, 1.82) is 5.26 Å². The van der Waals surface area contributed by atoms with Crippen LogP contribution in [-0.4, -0.2) is 25.5 Å². The zero-order valence-electron chi connectivity index (χ0n) is 13.5. The number of nitriles is 1. The SMILES string of the molecule is CCN(CCNC(=O)c1ccc(C#N)cc1)c1cccc(C)c1. The van der Waals surface area contributed by atoms with Crippen LogP contribution in [0, 0.1) is 18.3 Å². The molecule has 2 aromatic rings. The summed E-state index contributed by atoms with van der Waals surface area (Å²) in [6.45, 7) is 6.38. The molecule has 0 spiro atoms. The first kappa shape index (κ1) is 16.6. The third-order valence-corrected chi connectivity index (χ3v) is 3.69. The van der Waals surface area contributed by atoms with E-state index in [1.54, 1.807) is 24.3 Å². The van der Waals surface area contributed by atoms with E-state index in [0.29, 0.717) is 17.7 Å². The fraction of sp³-hybridized carbons (Fsp3) is 0.263. The normalized spacial score (nSPS) is 9.96. The Hall–Kier alpha value is -2.80. The van der Waals surface area contributed by atoms with Gasteiger partial charge in [0.25, 0.3) is 5.91 Å². The molecule has 4 heteroatoms. The standard InChI is InChI=1S/C19H21N3O/c1-3-22(18-6-4-5-15(2)13-18)12-11-21-19(23)17-9-7-16(14-20)8-10-17/h4-10,13H,3,11-12H2,1-2H3,(H,21,23). The fourth-order valence-corrected chi connectivity index (χ4v) is 2.40. The maximum Gasteiger partial charge on any atom is 0.251 e. The molecule has 2 aromatic carbocycles. The van der Waals surface area contributed by atoms with Crippen LogP contribution in [-0.2, 0) is 0 Å². The monoisotopic (exact) mass is 307 g/mol. The minimum atomic E-state index is -0.116. The number of hydrogen-bond acceptors (Lipinski definition) is 3. The number of rotatable bonds is 6. The molecule has 0 aliphatic heterocycles. The van der Waals surface area contributed by atoms with Crippen LogP contribution in [0.4, 0.5) is 5.69 Å². The van der Waals surface area contributed by atoms with Gasteiger partial charge in [0, 0.05) is 30.9 Å². The van der Waals surface area contributed by atoms with Gasteiger partial charge in [0.05, 0.1) is 11.6 Å². The molecule has 0 heterocycles. The number of hydrogen-bond donors (Lipinski definition) is 1. The minimum Gasteiger partial charge on any atom is -0.370 e. The van der Waals surface area contributed by atoms with E-state index in [0.717, 1.165) is 13.1 Å². The van der Waals surface area contributed by atoms with Gasteiger partial charge in [-0.2, -0.15) is 5.26 Å². The number of carbonyl (C=O) groups excluding carboxylic acids is 1. The van der Waals surface area contributed by atoms with Crippen molar-refractivity contribution in [3.8, 4) is 6.07 Å². The Kier molecular flexibility index (Phi) is 5.76. The highest BCUT2D eigenvalue weighted by atomic mass is 16.1. The molecule has 23 heavy (non-hydrogen) atoms. The largest absolute Gasteiger partial charge is 0.370 e. The van der Waals surface area contributed by atoms with Gasteiger partial charge in [-0.1, -0.05) is 12.1 Å². The number of anilines is 1. The molecule has 2 rings (SSSR count). The quantitative estimate of drug-likeness (QED) is 0.892. The third-order valence-electron chi connectivity index (χ3n) is 3.69. The van der Waals surface area contributed by atoms with Crippen LogP contribution in [0.25, 0.3) is 0 Å². The van der Waals surface area contributed by atoms with E-state index in [4.69, 9.17) is 5.26 Å². The van der Waals surface area contributed by atoms with E-state index in [-0.39, 0.29) is 5.91 Å². The number of amides is 1. The lowest BCUT2D eigenvalue weighted by Crippen LogP contribution is -2.35. The summed E-state index contributed by atoms with van der Waals surface area (Å²) >= 11 is 0. The first-order valence-corrected chi connectivity index (χ1v) is 7.74. The highest BCUT2D eigenvalue weighted by molar-refractivity contribution is 5.94. The van der Waals surface area contributed by atoms with E-state index in [1.807, 2.05) is 12.1 Å². The molecule has 4 nitrogen and oxygen atoms in total. The molecule has 0 fully saturated rings. The summed E-state index contributed by atoms with van der Waals surface area (Å²) in [5.74, 6) is -0.116. The van der Waals surface area contributed by atoms with E-state index < -0.39 is 0 Å². The van der Waals surface area contributed by atoms with Crippen LogP contribution >= 0.6 is 0 Å². The van der Waals surface area contributed by atoms with Gasteiger partial charge >= 0.3 is 0 Å². The van der Waals surface area contributed by atoms with E-state index >= 15 is 0 Å². The number of likely N-dealkylation sites (N-methyl/N-ethyl adjacent to an activating group) is 1. The highest BCUT2D eigenvalue weighted by Crippen LogP contribution is 2.15. The Morgan fingerprint density at radius 3 is 2.57 bits per heavy atom. The van der Waals surface area contributed by atoms with Gasteiger partial charge in [0.2, 0.25) is 0 Å². The smallest absolute Gasteiger partial charge is 0.251 e. The first-order valence-electron chi connectivity index (χ1n) is 7.74. The average Bonchev–Trinajstić information content (AvgIpc) is 2.58. The second-order valence-electron chi connectivity index (χ2n) is 5.36. The van der Waals surface area contributed by atoms with Gasteiger partial charge in [-0.3, -0.25) is 4.79 Å². The number of benzene rings is 2. The fourth-order valence-electron chi connectivity index (χ4n) is 2.40. The molecule has 0 bridgehead atoms. The predicted molar refractivity (Wildman–Crippen MR) is 92.6 cm³/mol. The summed E-state index contributed by atoms with van der Waals surface area (Å²) in [6, 6.07) is 17.0. The Bertz CT molecular complexity index is 701. The first-order chi connectivity index (χ1) is 11.1. The third kappa shape index (κ3) is 4.58. The van der Waals surface area contributed by atoms with Gasteiger partial charge in [-0.15, -0.1) is 0 Å². The van der Waals surface area contributed by atoms with Gasteiger partial charge < -0.3 is 10.2 Å². The molecule has 0 atom stereocenters. The van der Waals surface area contributed by atoms with Crippen LogP contribution in [0.3, 0.4) is 0 Å². The lowest BCUT2D eigenvalue weighted by molar-refractivity contribution is 0.0954. The maximum absolute atomic E-state index is 12.1. The van der Waals surface area contributed by atoms with E-state index in [2.05, 4.69) is 42.3 Å². The number of nitrogens with zero attached hydrogens (tertiary/aromatic N) is 2. The Balaban J connectivity index is 1.89. The molecular weight excluding hydrogens is 286 g/mol. The Morgan fingerprint density at radius 2 is 1.96 bits per heavy atom. The van der Waals surface area contributed by atoms with Crippen molar-refractivity contribution in [3.63, 3.8) is 0 Å². The van der Waals surface area contributed by atoms with Crippen molar-refractivity contribution in [2.24, 2.45) is 0 Å². The summed E-state index contributed by atoms with van der Waals surface area (Å²) < 4.78 is 0. The summed E-state index contributed by atoms with van der Waals surface area (Å²) in [7, 11) is 0. The molecule has 0 radical (unpaired) electrons. The van der Waals surface area contributed by atoms with Gasteiger partial charge in [-0.25, -0.2) is 0 Å². The topological polar surface area (TPSA) is 56.1 Å². The van der Waals surface area contributed by atoms with Crippen molar-refractivity contribution in [2.45, 2.75) is 13.8 Å². The Labute approximate surface area is 137 Å². The van der Waals surface area contributed by atoms with Crippen LogP contribution in [0.15, 0.2) is 48.5 Å². The maximum atomic E-state index is 12.1. The molecule has 0 aliphatic carbocycles. The van der Waals surface area contributed by atoms with E-state index in [1.165, 1.54) is 11.3 Å². The molecular formula is C19H21N3O. The van der Waals surface area contributed by atoms with Crippen molar-refractivity contribution in [2.75, 3.05) is 24.5 Å². The second kappa shape index (κ2) is 8.00. The van der Waals surface area contributed by atoms with Crippen molar-refractivity contribution in [1.82, 2.24) is 5.32 Å². The predicted octanol–water partition coefficient (Wildman–Crippen LogP) is 3.12. The van der Waals surface area contributed by atoms with Crippen LogP contribution < -0.4 is 10.2 Å². The van der Waals surface area contributed by atoms with Crippen LogP contribution in [0.2, 0.25) is 0 Å². The van der Waals surface area contributed by atoms with Gasteiger partial charge in [-0.05, 0) is 55.8 Å². The molecule has 0 saturated heterocycles.